The fourth-order valence-corrected chi connectivity index (χ4v) is 2.97. The Morgan fingerprint density at radius 1 is 1.33 bits per heavy atom. The lowest BCUT2D eigenvalue weighted by Gasteiger charge is -2.34. The van der Waals surface area contributed by atoms with E-state index in [0.29, 0.717) is 5.76 Å². The predicted molar refractivity (Wildman–Crippen MR) is 92.2 cm³/mol. The first kappa shape index (κ1) is 16.5. The smallest absolute Gasteiger partial charge is 0.246 e. The molecule has 6 nitrogen and oxygen atoms in total. The molecule has 1 aliphatic heterocycles. The van der Waals surface area contributed by atoms with Crippen molar-refractivity contribution >= 4 is 12.0 Å². The zero-order chi connectivity index (χ0) is 16.9. The van der Waals surface area contributed by atoms with Crippen LogP contribution in [-0.4, -0.2) is 51.7 Å². The number of carbonyl (C=O) groups is 1. The van der Waals surface area contributed by atoms with Crippen LogP contribution in [0, 0.1) is 6.92 Å². The average molecular weight is 328 g/mol. The number of aryl methyl sites for hydroxylation is 1. The summed E-state index contributed by atoms with van der Waals surface area (Å²) in [6.45, 7) is 9.29. The molecule has 128 valence electrons. The molecule has 1 saturated heterocycles. The molecule has 0 radical (unpaired) electrons. The molecule has 6 heteroatoms. The van der Waals surface area contributed by atoms with Crippen LogP contribution in [0.15, 0.2) is 35.1 Å². The SMILES string of the molecule is CCn1ncc(CN2CCN(C(=O)C=Cc3ccco3)CC2)c1C. The maximum atomic E-state index is 12.2. The number of nitrogens with zero attached hydrogens (tertiary/aromatic N) is 4. The number of hydrogen-bond acceptors (Lipinski definition) is 4. The molecule has 0 atom stereocenters. The Bertz CT molecular complexity index is 695. The van der Waals surface area contributed by atoms with Crippen molar-refractivity contribution in [3.63, 3.8) is 0 Å². The lowest BCUT2D eigenvalue weighted by molar-refractivity contribution is -0.127. The zero-order valence-corrected chi connectivity index (χ0v) is 14.3. The summed E-state index contributed by atoms with van der Waals surface area (Å²) < 4.78 is 7.23. The van der Waals surface area contributed by atoms with Gasteiger partial charge in [0.15, 0.2) is 0 Å². The number of amides is 1. The maximum absolute atomic E-state index is 12.2. The van der Waals surface area contributed by atoms with E-state index in [-0.39, 0.29) is 5.91 Å². The first-order chi connectivity index (χ1) is 11.7. The highest BCUT2D eigenvalue weighted by Gasteiger charge is 2.20. The molecule has 1 amide bonds. The summed E-state index contributed by atoms with van der Waals surface area (Å²) in [5.41, 5.74) is 2.51. The monoisotopic (exact) mass is 328 g/mol. The van der Waals surface area contributed by atoms with Gasteiger partial charge in [-0.1, -0.05) is 0 Å². The minimum Gasteiger partial charge on any atom is -0.465 e. The van der Waals surface area contributed by atoms with E-state index in [4.69, 9.17) is 4.42 Å². The first-order valence-corrected chi connectivity index (χ1v) is 8.41. The quantitative estimate of drug-likeness (QED) is 0.789. The summed E-state index contributed by atoms with van der Waals surface area (Å²) in [5.74, 6) is 0.742. The summed E-state index contributed by atoms with van der Waals surface area (Å²) in [4.78, 5) is 16.5. The number of furan rings is 1. The molecule has 3 rings (SSSR count). The van der Waals surface area contributed by atoms with Crippen LogP contribution < -0.4 is 0 Å². The summed E-state index contributed by atoms with van der Waals surface area (Å²) in [5, 5.41) is 4.40. The van der Waals surface area contributed by atoms with Gasteiger partial charge in [0.2, 0.25) is 5.91 Å². The van der Waals surface area contributed by atoms with Crippen LogP contribution in [0.25, 0.3) is 6.08 Å². The van der Waals surface area contributed by atoms with E-state index in [1.807, 2.05) is 27.9 Å². The Labute approximate surface area is 142 Å². The molecule has 0 bridgehead atoms. The zero-order valence-electron chi connectivity index (χ0n) is 14.3. The fraction of sp³-hybridized carbons (Fsp3) is 0.444. The molecule has 0 aromatic carbocycles. The number of carbonyl (C=O) groups excluding carboxylic acids is 1. The van der Waals surface area contributed by atoms with Gasteiger partial charge in [0, 0.05) is 56.6 Å². The largest absolute Gasteiger partial charge is 0.465 e. The second-order valence-corrected chi connectivity index (χ2v) is 6.02. The fourth-order valence-electron chi connectivity index (χ4n) is 2.97. The molecular formula is C18H24N4O2. The van der Waals surface area contributed by atoms with Gasteiger partial charge in [-0.25, -0.2) is 0 Å². The highest BCUT2D eigenvalue weighted by Crippen LogP contribution is 2.13. The van der Waals surface area contributed by atoms with Gasteiger partial charge in [0.1, 0.15) is 5.76 Å². The lowest BCUT2D eigenvalue weighted by atomic mass is 10.2. The summed E-state index contributed by atoms with van der Waals surface area (Å²) in [6, 6.07) is 3.64. The van der Waals surface area contributed by atoms with E-state index in [0.717, 1.165) is 39.3 Å². The van der Waals surface area contributed by atoms with E-state index in [9.17, 15) is 4.79 Å². The minimum absolute atomic E-state index is 0.0426. The van der Waals surface area contributed by atoms with Crippen molar-refractivity contribution in [3.8, 4) is 0 Å². The Morgan fingerprint density at radius 3 is 2.75 bits per heavy atom. The van der Waals surface area contributed by atoms with Crippen LogP contribution in [-0.2, 0) is 17.9 Å². The Kier molecular flexibility index (Phi) is 5.15. The maximum Gasteiger partial charge on any atom is 0.246 e. The summed E-state index contributed by atoms with van der Waals surface area (Å²) in [7, 11) is 0. The second kappa shape index (κ2) is 7.49. The van der Waals surface area contributed by atoms with Gasteiger partial charge in [-0.2, -0.15) is 5.10 Å². The van der Waals surface area contributed by atoms with E-state index >= 15 is 0 Å². The Balaban J connectivity index is 1.50. The van der Waals surface area contributed by atoms with Gasteiger partial charge in [-0.15, -0.1) is 0 Å². The van der Waals surface area contributed by atoms with Crippen LogP contribution in [0.4, 0.5) is 0 Å². The molecule has 0 unspecified atom stereocenters. The molecule has 0 spiro atoms. The van der Waals surface area contributed by atoms with Crippen LogP contribution in [0.5, 0.6) is 0 Å². The lowest BCUT2D eigenvalue weighted by Crippen LogP contribution is -2.47. The molecule has 1 aliphatic rings. The molecule has 1 fully saturated rings. The molecule has 2 aromatic heterocycles. The van der Waals surface area contributed by atoms with Crippen LogP contribution in [0.3, 0.4) is 0 Å². The van der Waals surface area contributed by atoms with Gasteiger partial charge < -0.3 is 9.32 Å². The van der Waals surface area contributed by atoms with Gasteiger partial charge >= 0.3 is 0 Å². The summed E-state index contributed by atoms with van der Waals surface area (Å²) in [6.07, 6.45) is 6.87. The van der Waals surface area contributed by atoms with Crippen molar-refractivity contribution < 1.29 is 9.21 Å². The third-order valence-corrected chi connectivity index (χ3v) is 4.52. The van der Waals surface area contributed by atoms with E-state index in [2.05, 4.69) is 23.8 Å². The van der Waals surface area contributed by atoms with Gasteiger partial charge in [-0.05, 0) is 32.1 Å². The van der Waals surface area contributed by atoms with E-state index in [1.165, 1.54) is 11.3 Å². The summed E-state index contributed by atoms with van der Waals surface area (Å²) >= 11 is 0. The molecule has 3 heterocycles. The van der Waals surface area contributed by atoms with Crippen LogP contribution in [0.1, 0.15) is 23.9 Å². The van der Waals surface area contributed by atoms with Crippen molar-refractivity contribution in [2.45, 2.75) is 26.9 Å². The number of piperazine rings is 1. The average Bonchev–Trinajstić information content (AvgIpc) is 3.24. The molecule has 0 saturated carbocycles. The van der Waals surface area contributed by atoms with Crippen molar-refractivity contribution in [2.24, 2.45) is 0 Å². The van der Waals surface area contributed by atoms with E-state index in [1.54, 1.807) is 18.4 Å². The third kappa shape index (κ3) is 3.76. The number of hydrogen-bond donors (Lipinski definition) is 0. The first-order valence-electron chi connectivity index (χ1n) is 8.41. The molecule has 0 aliphatic carbocycles. The van der Waals surface area contributed by atoms with Crippen molar-refractivity contribution in [2.75, 3.05) is 26.2 Å². The second-order valence-electron chi connectivity index (χ2n) is 6.02. The van der Waals surface area contributed by atoms with Gasteiger partial charge in [-0.3, -0.25) is 14.4 Å². The topological polar surface area (TPSA) is 54.5 Å². The molecule has 0 N–H and O–H groups in total. The molecular weight excluding hydrogens is 304 g/mol. The highest BCUT2D eigenvalue weighted by molar-refractivity contribution is 5.91. The minimum atomic E-state index is 0.0426. The van der Waals surface area contributed by atoms with Crippen LogP contribution in [0.2, 0.25) is 0 Å². The molecule has 2 aromatic rings. The van der Waals surface area contributed by atoms with E-state index < -0.39 is 0 Å². The predicted octanol–water partition coefficient (Wildman–Crippen LogP) is 2.16. The Hall–Kier alpha value is -2.34. The number of rotatable bonds is 5. The third-order valence-electron chi connectivity index (χ3n) is 4.52. The van der Waals surface area contributed by atoms with Gasteiger partial charge in [0.05, 0.1) is 12.5 Å². The Morgan fingerprint density at radius 2 is 2.12 bits per heavy atom. The standard InChI is InChI=1S/C18H24N4O2/c1-3-22-15(2)16(13-19-22)14-20-8-10-21(11-9-20)18(23)7-6-17-5-4-12-24-17/h4-7,12-13H,3,8-11,14H2,1-2H3. The normalized spacial score (nSPS) is 16.2. The van der Waals surface area contributed by atoms with Crippen molar-refractivity contribution in [1.29, 1.82) is 0 Å². The van der Waals surface area contributed by atoms with Gasteiger partial charge in [0.25, 0.3) is 0 Å². The van der Waals surface area contributed by atoms with Crippen molar-refractivity contribution in [3.05, 3.63) is 47.7 Å². The van der Waals surface area contributed by atoms with Crippen molar-refractivity contribution in [1.82, 2.24) is 19.6 Å². The number of aromatic nitrogens is 2. The molecule has 24 heavy (non-hydrogen) atoms. The highest BCUT2D eigenvalue weighted by atomic mass is 16.3. The van der Waals surface area contributed by atoms with Crippen LogP contribution >= 0.6 is 0 Å².